The van der Waals surface area contributed by atoms with E-state index in [0.29, 0.717) is 5.41 Å². The summed E-state index contributed by atoms with van der Waals surface area (Å²) < 4.78 is 0. The first-order valence-electron chi connectivity index (χ1n) is 5.07. The van der Waals surface area contributed by atoms with Crippen LogP contribution < -0.4 is 0 Å². The third-order valence-corrected chi connectivity index (χ3v) is 3.24. The van der Waals surface area contributed by atoms with Gasteiger partial charge in [-0.15, -0.1) is 0 Å². The van der Waals surface area contributed by atoms with Crippen LogP contribution in [0.3, 0.4) is 0 Å². The minimum absolute atomic E-state index is 0.188. The summed E-state index contributed by atoms with van der Waals surface area (Å²) >= 11 is 0. The zero-order valence-electron chi connectivity index (χ0n) is 8.42. The SMILES string of the molecule is C/C=C/C(=O)N1CC2(CC(C)C2)C1. The van der Waals surface area contributed by atoms with Gasteiger partial charge in [-0.3, -0.25) is 4.79 Å². The highest BCUT2D eigenvalue weighted by atomic mass is 16.2. The van der Waals surface area contributed by atoms with Crippen LogP contribution in [0, 0.1) is 11.3 Å². The number of carbonyl (C=O) groups is 1. The van der Waals surface area contributed by atoms with E-state index in [-0.39, 0.29) is 5.91 Å². The number of carbonyl (C=O) groups excluding carboxylic acids is 1. The van der Waals surface area contributed by atoms with Crippen molar-refractivity contribution >= 4 is 5.91 Å². The topological polar surface area (TPSA) is 20.3 Å². The highest BCUT2D eigenvalue weighted by molar-refractivity contribution is 5.88. The van der Waals surface area contributed by atoms with Crippen molar-refractivity contribution in [3.8, 4) is 0 Å². The van der Waals surface area contributed by atoms with Crippen LogP contribution in [0.2, 0.25) is 0 Å². The van der Waals surface area contributed by atoms with Crippen molar-refractivity contribution in [1.82, 2.24) is 4.90 Å². The molecular formula is C11H17NO. The third kappa shape index (κ3) is 1.38. The fourth-order valence-corrected chi connectivity index (χ4v) is 2.84. The van der Waals surface area contributed by atoms with Crippen molar-refractivity contribution in [2.75, 3.05) is 13.1 Å². The Morgan fingerprint density at radius 1 is 1.46 bits per heavy atom. The van der Waals surface area contributed by atoms with Crippen molar-refractivity contribution in [3.05, 3.63) is 12.2 Å². The molecule has 2 fully saturated rings. The summed E-state index contributed by atoms with van der Waals surface area (Å²) in [5.74, 6) is 1.08. The highest BCUT2D eigenvalue weighted by Gasteiger charge is 2.51. The number of amides is 1. The van der Waals surface area contributed by atoms with Gasteiger partial charge in [-0.2, -0.15) is 0 Å². The van der Waals surface area contributed by atoms with Gasteiger partial charge in [0, 0.05) is 18.5 Å². The van der Waals surface area contributed by atoms with Crippen LogP contribution >= 0.6 is 0 Å². The fraction of sp³-hybridized carbons (Fsp3) is 0.727. The van der Waals surface area contributed by atoms with Gasteiger partial charge in [0.15, 0.2) is 0 Å². The quantitative estimate of drug-likeness (QED) is 0.562. The largest absolute Gasteiger partial charge is 0.338 e. The number of allylic oxidation sites excluding steroid dienone is 1. The van der Waals surface area contributed by atoms with Crippen molar-refractivity contribution in [2.24, 2.45) is 11.3 Å². The first kappa shape index (κ1) is 8.79. The molecule has 0 unspecified atom stereocenters. The van der Waals surface area contributed by atoms with Crippen LogP contribution in [-0.2, 0) is 4.79 Å². The minimum atomic E-state index is 0.188. The molecule has 1 saturated carbocycles. The van der Waals surface area contributed by atoms with Crippen molar-refractivity contribution in [3.63, 3.8) is 0 Å². The Morgan fingerprint density at radius 2 is 2.08 bits per heavy atom. The second-order valence-electron chi connectivity index (χ2n) is 4.71. The highest BCUT2D eigenvalue weighted by Crippen LogP contribution is 2.51. The van der Waals surface area contributed by atoms with Gasteiger partial charge in [0.1, 0.15) is 0 Å². The number of hydrogen-bond donors (Lipinski definition) is 0. The van der Waals surface area contributed by atoms with E-state index >= 15 is 0 Å². The summed E-state index contributed by atoms with van der Waals surface area (Å²) in [6, 6.07) is 0. The average Bonchev–Trinajstić information content (AvgIpc) is 1.94. The Kier molecular flexibility index (Phi) is 1.94. The van der Waals surface area contributed by atoms with E-state index in [0.717, 1.165) is 19.0 Å². The predicted molar refractivity (Wildman–Crippen MR) is 52.2 cm³/mol. The number of rotatable bonds is 1. The van der Waals surface area contributed by atoms with Gasteiger partial charge in [-0.1, -0.05) is 13.0 Å². The number of likely N-dealkylation sites (tertiary alicyclic amines) is 1. The standard InChI is InChI=1S/C11H17NO/c1-3-4-10(13)12-7-11(8-12)5-9(2)6-11/h3-4,9H,5-8H2,1-2H3/b4-3+. The summed E-state index contributed by atoms with van der Waals surface area (Å²) in [5, 5.41) is 0. The lowest BCUT2D eigenvalue weighted by atomic mass is 9.58. The summed E-state index contributed by atoms with van der Waals surface area (Å²) in [6.07, 6.45) is 6.13. The summed E-state index contributed by atoms with van der Waals surface area (Å²) in [4.78, 5) is 13.3. The molecule has 2 heteroatoms. The molecule has 0 aromatic carbocycles. The van der Waals surface area contributed by atoms with E-state index in [4.69, 9.17) is 0 Å². The maximum atomic E-state index is 11.4. The number of hydrogen-bond acceptors (Lipinski definition) is 1. The molecule has 2 rings (SSSR count). The Balaban J connectivity index is 1.82. The molecule has 13 heavy (non-hydrogen) atoms. The average molecular weight is 179 g/mol. The molecule has 0 N–H and O–H groups in total. The molecule has 1 heterocycles. The van der Waals surface area contributed by atoms with Gasteiger partial charge in [0.2, 0.25) is 5.91 Å². The van der Waals surface area contributed by atoms with E-state index < -0.39 is 0 Å². The molecule has 1 saturated heterocycles. The summed E-state index contributed by atoms with van der Waals surface area (Å²) in [6.45, 7) is 6.18. The van der Waals surface area contributed by atoms with Crippen LogP contribution in [0.4, 0.5) is 0 Å². The van der Waals surface area contributed by atoms with Crippen LogP contribution in [0.1, 0.15) is 26.7 Å². The molecule has 2 nitrogen and oxygen atoms in total. The van der Waals surface area contributed by atoms with Gasteiger partial charge in [-0.05, 0) is 31.8 Å². The molecule has 0 radical (unpaired) electrons. The molecule has 0 aromatic heterocycles. The van der Waals surface area contributed by atoms with E-state index in [9.17, 15) is 4.79 Å². The van der Waals surface area contributed by atoms with Crippen LogP contribution in [0.5, 0.6) is 0 Å². The van der Waals surface area contributed by atoms with Gasteiger partial charge in [0.05, 0.1) is 0 Å². The molecule has 1 aliphatic carbocycles. The zero-order valence-corrected chi connectivity index (χ0v) is 8.42. The normalized spacial score (nSPS) is 26.2. The van der Waals surface area contributed by atoms with Gasteiger partial charge in [0.25, 0.3) is 0 Å². The molecular weight excluding hydrogens is 162 g/mol. The Bertz CT molecular complexity index is 243. The number of nitrogens with zero attached hydrogens (tertiary/aromatic N) is 1. The first-order valence-corrected chi connectivity index (χ1v) is 5.07. The maximum Gasteiger partial charge on any atom is 0.246 e. The summed E-state index contributed by atoms with van der Waals surface area (Å²) in [5.41, 5.74) is 0.538. The first-order chi connectivity index (χ1) is 6.15. The molecule has 1 spiro atoms. The van der Waals surface area contributed by atoms with Crippen LogP contribution in [0.25, 0.3) is 0 Å². The van der Waals surface area contributed by atoms with Crippen molar-refractivity contribution in [2.45, 2.75) is 26.7 Å². The van der Waals surface area contributed by atoms with E-state index in [2.05, 4.69) is 6.92 Å². The van der Waals surface area contributed by atoms with E-state index in [1.807, 2.05) is 17.9 Å². The summed E-state index contributed by atoms with van der Waals surface area (Å²) in [7, 11) is 0. The lowest BCUT2D eigenvalue weighted by Crippen LogP contribution is -2.63. The smallest absolute Gasteiger partial charge is 0.246 e. The fourth-order valence-electron chi connectivity index (χ4n) is 2.84. The van der Waals surface area contributed by atoms with Gasteiger partial charge < -0.3 is 4.90 Å². The molecule has 72 valence electrons. The Labute approximate surface area is 79.6 Å². The third-order valence-electron chi connectivity index (χ3n) is 3.24. The Morgan fingerprint density at radius 3 is 2.54 bits per heavy atom. The van der Waals surface area contributed by atoms with Crippen LogP contribution in [-0.4, -0.2) is 23.9 Å². The lowest BCUT2D eigenvalue weighted by molar-refractivity contribution is -0.148. The molecule has 0 aromatic rings. The predicted octanol–water partition coefficient (Wildman–Crippen LogP) is 1.82. The van der Waals surface area contributed by atoms with Gasteiger partial charge in [-0.25, -0.2) is 0 Å². The molecule has 0 bridgehead atoms. The van der Waals surface area contributed by atoms with Crippen LogP contribution in [0.15, 0.2) is 12.2 Å². The second-order valence-corrected chi connectivity index (χ2v) is 4.71. The monoisotopic (exact) mass is 179 g/mol. The molecule has 1 aliphatic heterocycles. The lowest BCUT2D eigenvalue weighted by Gasteiger charge is -2.58. The minimum Gasteiger partial charge on any atom is -0.338 e. The zero-order chi connectivity index (χ0) is 9.47. The molecule has 2 aliphatic rings. The Hall–Kier alpha value is -0.790. The van der Waals surface area contributed by atoms with Crippen molar-refractivity contribution in [1.29, 1.82) is 0 Å². The van der Waals surface area contributed by atoms with E-state index in [1.165, 1.54) is 12.8 Å². The van der Waals surface area contributed by atoms with Gasteiger partial charge >= 0.3 is 0 Å². The van der Waals surface area contributed by atoms with E-state index in [1.54, 1.807) is 6.08 Å². The molecule has 1 amide bonds. The second kappa shape index (κ2) is 2.86. The van der Waals surface area contributed by atoms with Crippen molar-refractivity contribution < 1.29 is 4.79 Å². The maximum absolute atomic E-state index is 11.4. The molecule has 0 atom stereocenters.